The zero-order chi connectivity index (χ0) is 40.0. The third-order valence-corrected chi connectivity index (χ3v) is 9.15. The standard InChI is InChI=1S/C39H42ClFN6O8/c1-23(48)53-34-22-43(32-19-25(40)11-13-30(32)47(51)52)17-16-31(34)46-33-20-26(41)12-14-29(33)45(35(46)42-36(49)54-38(2,3)4)21-24-9-8-10-28-27(24)15-18-44(28)37(50)55-39(5,6)7/h8-15,18-20,31,34H,16-17,21-22H2,1-7H3/t31-,34-/m1/s1. The predicted molar refractivity (Wildman–Crippen MR) is 204 cm³/mol. The van der Waals surface area contributed by atoms with E-state index in [-0.39, 0.29) is 48.1 Å². The van der Waals surface area contributed by atoms with Gasteiger partial charge in [0, 0.05) is 36.1 Å². The summed E-state index contributed by atoms with van der Waals surface area (Å²) in [4.78, 5) is 57.0. The lowest BCUT2D eigenvalue weighted by atomic mass is 10.00. The Bertz CT molecular complexity index is 2400. The van der Waals surface area contributed by atoms with Crippen LogP contribution in [0.2, 0.25) is 5.02 Å². The number of amides is 1. The molecule has 0 saturated carbocycles. The number of imidazole rings is 1. The van der Waals surface area contributed by atoms with Gasteiger partial charge < -0.3 is 28.2 Å². The van der Waals surface area contributed by atoms with Crippen LogP contribution in [0.4, 0.5) is 25.4 Å². The Balaban J connectivity index is 1.54. The Kier molecular flexibility index (Phi) is 10.5. The SMILES string of the molecule is CC(=O)O[C@@H]1CN(c2cc(Cl)ccc2[N+](=O)[O-])CC[C@H]1n1c(=NC(=O)OC(C)(C)C)n(Cc2cccc3c2ccn3C(=O)OC(C)(C)C)c2ccc(F)cc21. The fraction of sp³-hybridized carbons (Fsp3) is 0.385. The summed E-state index contributed by atoms with van der Waals surface area (Å²) in [6.07, 6.45) is -0.551. The van der Waals surface area contributed by atoms with Crippen LogP contribution in [0.3, 0.4) is 0 Å². The molecule has 3 aromatic carbocycles. The van der Waals surface area contributed by atoms with E-state index >= 15 is 4.39 Å². The summed E-state index contributed by atoms with van der Waals surface area (Å²) in [6, 6.07) is 14.9. The number of nitro benzene ring substituents is 1. The molecule has 1 amide bonds. The van der Waals surface area contributed by atoms with Crippen molar-refractivity contribution in [2.24, 2.45) is 4.99 Å². The molecule has 0 N–H and O–H groups in total. The van der Waals surface area contributed by atoms with Crippen LogP contribution in [-0.4, -0.2) is 67.2 Å². The molecule has 14 nitrogen and oxygen atoms in total. The fourth-order valence-corrected chi connectivity index (χ4v) is 7.05. The number of nitro groups is 1. The molecule has 0 bridgehead atoms. The lowest BCUT2D eigenvalue weighted by molar-refractivity contribution is -0.384. The molecule has 55 heavy (non-hydrogen) atoms. The third-order valence-electron chi connectivity index (χ3n) is 8.92. The van der Waals surface area contributed by atoms with Crippen molar-refractivity contribution < 1.29 is 37.9 Å². The molecule has 0 unspecified atom stereocenters. The second-order valence-corrected chi connectivity index (χ2v) is 15.8. The lowest BCUT2D eigenvalue weighted by Crippen LogP contribution is -2.49. The number of anilines is 1. The summed E-state index contributed by atoms with van der Waals surface area (Å²) in [7, 11) is 0. The van der Waals surface area contributed by atoms with Crippen LogP contribution < -0.4 is 10.5 Å². The van der Waals surface area contributed by atoms with Gasteiger partial charge in [-0.3, -0.25) is 19.5 Å². The molecule has 0 spiro atoms. The molecule has 1 aliphatic rings. The van der Waals surface area contributed by atoms with Crippen LogP contribution in [0.5, 0.6) is 0 Å². The molecular weight excluding hydrogens is 735 g/mol. The van der Waals surface area contributed by atoms with Gasteiger partial charge in [0.15, 0.2) is 0 Å². The molecule has 3 heterocycles. The van der Waals surface area contributed by atoms with Gasteiger partial charge >= 0.3 is 18.2 Å². The molecule has 2 aromatic heterocycles. The van der Waals surface area contributed by atoms with E-state index in [1.807, 2.05) is 6.07 Å². The largest absolute Gasteiger partial charge is 0.458 e. The minimum atomic E-state index is -0.948. The highest BCUT2D eigenvalue weighted by Gasteiger charge is 2.37. The number of esters is 1. The van der Waals surface area contributed by atoms with Crippen LogP contribution in [-0.2, 0) is 25.5 Å². The molecule has 0 radical (unpaired) electrons. The Morgan fingerprint density at radius 1 is 0.964 bits per heavy atom. The maximum atomic E-state index is 15.2. The van der Waals surface area contributed by atoms with Crippen LogP contribution in [0.15, 0.2) is 71.9 Å². The van der Waals surface area contributed by atoms with Crippen LogP contribution in [0.1, 0.15) is 66.5 Å². The van der Waals surface area contributed by atoms with Gasteiger partial charge in [0.05, 0.1) is 40.6 Å². The van der Waals surface area contributed by atoms with Crippen molar-refractivity contribution in [1.82, 2.24) is 13.7 Å². The predicted octanol–water partition coefficient (Wildman–Crippen LogP) is 8.15. The number of hydrogen-bond acceptors (Lipinski definition) is 9. The highest BCUT2D eigenvalue weighted by atomic mass is 35.5. The summed E-state index contributed by atoms with van der Waals surface area (Å²) >= 11 is 6.27. The van der Waals surface area contributed by atoms with Crippen LogP contribution >= 0.6 is 11.6 Å². The van der Waals surface area contributed by atoms with E-state index in [4.69, 9.17) is 25.8 Å². The van der Waals surface area contributed by atoms with Crippen molar-refractivity contribution >= 4 is 63.1 Å². The van der Waals surface area contributed by atoms with E-state index < -0.39 is 52.2 Å². The van der Waals surface area contributed by atoms with E-state index in [1.54, 1.807) is 86.0 Å². The second-order valence-electron chi connectivity index (χ2n) is 15.3. The average Bonchev–Trinajstić information content (AvgIpc) is 3.62. The van der Waals surface area contributed by atoms with Crippen LogP contribution in [0, 0.1) is 15.9 Å². The van der Waals surface area contributed by atoms with Crippen molar-refractivity contribution in [2.45, 2.75) is 84.8 Å². The molecule has 0 aliphatic carbocycles. The number of rotatable bonds is 6. The number of piperidine rings is 1. The number of fused-ring (bicyclic) bond motifs is 2. The summed E-state index contributed by atoms with van der Waals surface area (Å²) in [5, 5.41) is 13.0. The quantitative estimate of drug-likeness (QED) is 0.0720. The van der Waals surface area contributed by atoms with Gasteiger partial charge in [-0.1, -0.05) is 23.7 Å². The summed E-state index contributed by atoms with van der Waals surface area (Å²) < 4.78 is 37.2. The maximum absolute atomic E-state index is 15.2. The molecule has 1 fully saturated rings. The van der Waals surface area contributed by atoms with Gasteiger partial charge in [0.1, 0.15) is 28.8 Å². The fourth-order valence-electron chi connectivity index (χ4n) is 6.89. The summed E-state index contributed by atoms with van der Waals surface area (Å²) in [6.45, 7) is 12.1. The summed E-state index contributed by atoms with van der Waals surface area (Å²) in [5.74, 6) is -1.17. The van der Waals surface area contributed by atoms with E-state index in [1.165, 1.54) is 41.8 Å². The van der Waals surface area contributed by atoms with Crippen LogP contribution in [0.25, 0.3) is 21.9 Å². The first kappa shape index (κ1) is 39.0. The normalized spacial score (nSPS) is 16.7. The minimum absolute atomic E-state index is 0.00375. The van der Waals surface area contributed by atoms with Gasteiger partial charge in [-0.05, 0) is 96.0 Å². The van der Waals surface area contributed by atoms with Gasteiger partial charge in [-0.25, -0.2) is 14.0 Å². The average molecular weight is 777 g/mol. The Hall–Kier alpha value is -5.70. The topological polar surface area (TPSA) is 152 Å². The molecule has 290 valence electrons. The van der Waals surface area contributed by atoms with Crippen molar-refractivity contribution in [3.63, 3.8) is 0 Å². The smallest absolute Gasteiger partial charge is 0.437 e. The molecule has 1 saturated heterocycles. The highest BCUT2D eigenvalue weighted by Crippen LogP contribution is 2.37. The van der Waals surface area contributed by atoms with Gasteiger partial charge in [0.2, 0.25) is 5.62 Å². The third kappa shape index (κ3) is 8.51. The monoisotopic (exact) mass is 776 g/mol. The minimum Gasteiger partial charge on any atom is -0.458 e. The van der Waals surface area contributed by atoms with Crippen molar-refractivity contribution in [1.29, 1.82) is 0 Å². The molecule has 6 rings (SSSR count). The first-order chi connectivity index (χ1) is 25.8. The van der Waals surface area contributed by atoms with Gasteiger partial charge in [-0.2, -0.15) is 0 Å². The Labute approximate surface area is 320 Å². The molecule has 2 atom stereocenters. The second kappa shape index (κ2) is 14.9. The van der Waals surface area contributed by atoms with Crippen molar-refractivity contribution in [2.75, 3.05) is 18.0 Å². The zero-order valence-electron chi connectivity index (χ0n) is 31.5. The number of carbonyl (C=O) groups excluding carboxylic acids is 3. The lowest BCUT2D eigenvalue weighted by Gasteiger charge is -2.39. The van der Waals surface area contributed by atoms with E-state index in [0.29, 0.717) is 16.6 Å². The van der Waals surface area contributed by atoms with Gasteiger partial charge in [-0.15, -0.1) is 4.99 Å². The first-order valence-electron chi connectivity index (χ1n) is 17.7. The molecule has 16 heteroatoms. The number of benzene rings is 3. The molecule has 1 aliphatic heterocycles. The maximum Gasteiger partial charge on any atom is 0.437 e. The number of hydrogen-bond donors (Lipinski definition) is 0. The number of halogens is 2. The molecular formula is C39H42ClFN6O8. The number of ether oxygens (including phenoxy) is 3. The Morgan fingerprint density at radius 2 is 1.69 bits per heavy atom. The highest BCUT2D eigenvalue weighted by molar-refractivity contribution is 6.31. The zero-order valence-corrected chi connectivity index (χ0v) is 32.3. The van der Waals surface area contributed by atoms with E-state index in [9.17, 15) is 24.5 Å². The summed E-state index contributed by atoms with van der Waals surface area (Å²) in [5.41, 5.74) is 0.720. The number of aromatic nitrogens is 3. The Morgan fingerprint density at radius 3 is 2.36 bits per heavy atom. The van der Waals surface area contributed by atoms with E-state index in [0.717, 1.165) is 10.9 Å². The first-order valence-corrected chi connectivity index (χ1v) is 18.0. The van der Waals surface area contributed by atoms with Gasteiger partial charge in [0.25, 0.3) is 5.69 Å². The number of carbonyl (C=O) groups is 3. The van der Waals surface area contributed by atoms with Crippen molar-refractivity contribution in [3.8, 4) is 0 Å². The van der Waals surface area contributed by atoms with E-state index in [2.05, 4.69) is 4.99 Å². The number of nitrogens with zero attached hydrogens (tertiary/aromatic N) is 6. The van der Waals surface area contributed by atoms with Crippen molar-refractivity contribution in [3.05, 3.63) is 99.0 Å². The molecule has 5 aromatic rings.